The molecule has 0 bridgehead atoms. The van der Waals surface area contributed by atoms with Gasteiger partial charge in [0.2, 0.25) is 0 Å². The van der Waals surface area contributed by atoms with E-state index < -0.39 is 0 Å². The maximum Gasteiger partial charge on any atom is 0.144 e. The zero-order chi connectivity index (χ0) is 13.8. The summed E-state index contributed by atoms with van der Waals surface area (Å²) < 4.78 is 5.22. The molecule has 0 aliphatic heterocycles. The van der Waals surface area contributed by atoms with Gasteiger partial charge in [0.05, 0.1) is 18.4 Å². The minimum atomic E-state index is 0.548. The Morgan fingerprint density at radius 1 is 1.32 bits per heavy atom. The van der Waals surface area contributed by atoms with E-state index in [0.717, 1.165) is 22.6 Å². The van der Waals surface area contributed by atoms with Crippen LogP contribution in [-0.4, -0.2) is 19.1 Å². The maximum absolute atomic E-state index is 9.07. The van der Waals surface area contributed by atoms with Gasteiger partial charge in [0.25, 0.3) is 0 Å². The molecule has 0 fully saturated rings. The molecule has 2 aromatic rings. The fraction of sp³-hybridized carbons (Fsp3) is 0.200. The number of nitrogens with one attached hydrogen (secondary N) is 1. The number of aromatic nitrogens is 1. The molecule has 4 heteroatoms. The van der Waals surface area contributed by atoms with Crippen molar-refractivity contribution in [3.05, 3.63) is 41.5 Å². The summed E-state index contributed by atoms with van der Waals surface area (Å²) in [6.07, 6.45) is 0. The van der Waals surface area contributed by atoms with Crippen LogP contribution in [0.2, 0.25) is 0 Å². The van der Waals surface area contributed by atoms with E-state index in [1.165, 1.54) is 0 Å². The molecule has 0 aliphatic rings. The zero-order valence-electron chi connectivity index (χ0n) is 11.2. The highest BCUT2D eigenvalue weighted by molar-refractivity contribution is 5.69. The Kier molecular flexibility index (Phi) is 3.67. The third-order valence-electron chi connectivity index (χ3n) is 2.91. The van der Waals surface area contributed by atoms with E-state index in [0.29, 0.717) is 11.4 Å². The average Bonchev–Trinajstić information content (AvgIpc) is 2.46. The lowest BCUT2D eigenvalue weighted by atomic mass is 10.0. The summed E-state index contributed by atoms with van der Waals surface area (Å²) >= 11 is 0. The van der Waals surface area contributed by atoms with Crippen molar-refractivity contribution >= 4 is 5.82 Å². The summed E-state index contributed by atoms with van der Waals surface area (Å²) in [5.41, 5.74) is 3.33. The van der Waals surface area contributed by atoms with Crippen LogP contribution >= 0.6 is 0 Å². The van der Waals surface area contributed by atoms with E-state index in [4.69, 9.17) is 10.00 Å². The van der Waals surface area contributed by atoms with Gasteiger partial charge in [-0.05, 0) is 30.7 Å². The second-order valence-electron chi connectivity index (χ2n) is 4.14. The summed E-state index contributed by atoms with van der Waals surface area (Å²) in [5.74, 6) is 1.37. The predicted octanol–water partition coefficient (Wildman–Crippen LogP) is 2.98. The minimum Gasteiger partial charge on any atom is -0.497 e. The molecule has 96 valence electrons. The van der Waals surface area contributed by atoms with Crippen LogP contribution in [0.4, 0.5) is 5.82 Å². The number of benzene rings is 1. The molecule has 1 aromatic carbocycles. The number of hydrogen-bond donors (Lipinski definition) is 1. The standard InChI is InChI=1S/C15H15N3O/c1-10-7-12(9-16)15(17-2)18-14(10)11-5-4-6-13(8-11)19-3/h4-8H,1-3H3,(H,17,18). The Morgan fingerprint density at radius 2 is 2.11 bits per heavy atom. The minimum absolute atomic E-state index is 0.548. The van der Waals surface area contributed by atoms with E-state index >= 15 is 0 Å². The van der Waals surface area contributed by atoms with Gasteiger partial charge in [-0.2, -0.15) is 5.26 Å². The van der Waals surface area contributed by atoms with E-state index in [1.807, 2.05) is 37.3 Å². The van der Waals surface area contributed by atoms with Gasteiger partial charge in [0.15, 0.2) is 0 Å². The molecule has 0 aliphatic carbocycles. The Labute approximate surface area is 112 Å². The van der Waals surface area contributed by atoms with Gasteiger partial charge >= 0.3 is 0 Å². The van der Waals surface area contributed by atoms with Crippen molar-refractivity contribution < 1.29 is 4.74 Å². The van der Waals surface area contributed by atoms with Crippen molar-refractivity contribution in [2.24, 2.45) is 0 Å². The Hall–Kier alpha value is -2.54. The van der Waals surface area contributed by atoms with Gasteiger partial charge in [-0.25, -0.2) is 4.98 Å². The van der Waals surface area contributed by atoms with E-state index in [9.17, 15) is 0 Å². The fourth-order valence-electron chi connectivity index (χ4n) is 1.95. The molecule has 19 heavy (non-hydrogen) atoms. The Morgan fingerprint density at radius 3 is 2.74 bits per heavy atom. The molecule has 0 radical (unpaired) electrons. The number of anilines is 1. The van der Waals surface area contributed by atoms with Crippen molar-refractivity contribution in [3.8, 4) is 23.1 Å². The Balaban J connectivity index is 2.59. The number of hydrogen-bond acceptors (Lipinski definition) is 4. The molecule has 1 N–H and O–H groups in total. The summed E-state index contributed by atoms with van der Waals surface area (Å²) in [5, 5.41) is 12.0. The van der Waals surface area contributed by atoms with E-state index in [1.54, 1.807) is 14.2 Å². The van der Waals surface area contributed by atoms with Crippen LogP contribution < -0.4 is 10.1 Å². The first-order valence-corrected chi connectivity index (χ1v) is 5.93. The number of pyridine rings is 1. The van der Waals surface area contributed by atoms with Gasteiger partial charge in [-0.15, -0.1) is 0 Å². The highest BCUT2D eigenvalue weighted by atomic mass is 16.5. The first-order valence-electron chi connectivity index (χ1n) is 5.93. The van der Waals surface area contributed by atoms with Crippen molar-refractivity contribution in [1.82, 2.24) is 4.98 Å². The van der Waals surface area contributed by atoms with Crippen molar-refractivity contribution in [1.29, 1.82) is 5.26 Å². The summed E-state index contributed by atoms with van der Waals surface area (Å²) in [4.78, 5) is 4.52. The van der Waals surface area contributed by atoms with Crippen molar-refractivity contribution in [3.63, 3.8) is 0 Å². The highest BCUT2D eigenvalue weighted by Crippen LogP contribution is 2.27. The molecule has 0 amide bonds. The van der Waals surface area contributed by atoms with Crippen LogP contribution in [0.15, 0.2) is 30.3 Å². The largest absolute Gasteiger partial charge is 0.497 e. The lowest BCUT2D eigenvalue weighted by Crippen LogP contribution is -2.00. The quantitative estimate of drug-likeness (QED) is 0.913. The van der Waals surface area contributed by atoms with Crippen molar-refractivity contribution in [2.45, 2.75) is 6.92 Å². The molecule has 0 saturated carbocycles. The fourth-order valence-corrected chi connectivity index (χ4v) is 1.95. The molecule has 0 spiro atoms. The summed E-state index contributed by atoms with van der Waals surface area (Å²) in [6, 6.07) is 11.7. The number of aryl methyl sites for hydroxylation is 1. The van der Waals surface area contributed by atoms with Gasteiger partial charge in [-0.1, -0.05) is 12.1 Å². The lowest BCUT2D eigenvalue weighted by Gasteiger charge is -2.10. The van der Waals surface area contributed by atoms with Crippen LogP contribution in [-0.2, 0) is 0 Å². The van der Waals surface area contributed by atoms with Crippen LogP contribution in [0.3, 0.4) is 0 Å². The Bertz CT molecular complexity index is 644. The maximum atomic E-state index is 9.07. The highest BCUT2D eigenvalue weighted by Gasteiger charge is 2.10. The second-order valence-corrected chi connectivity index (χ2v) is 4.14. The number of nitriles is 1. The monoisotopic (exact) mass is 253 g/mol. The van der Waals surface area contributed by atoms with Crippen LogP contribution in [0, 0.1) is 18.3 Å². The van der Waals surface area contributed by atoms with Gasteiger partial charge < -0.3 is 10.1 Å². The molecule has 0 saturated heterocycles. The number of methoxy groups -OCH3 is 1. The first kappa shape index (κ1) is 12.9. The van der Waals surface area contributed by atoms with Crippen LogP contribution in [0.25, 0.3) is 11.3 Å². The topological polar surface area (TPSA) is 57.9 Å². The second kappa shape index (κ2) is 5.40. The summed E-state index contributed by atoms with van der Waals surface area (Å²) in [6.45, 7) is 1.95. The normalized spacial score (nSPS) is 9.79. The molecule has 0 unspecified atom stereocenters. The zero-order valence-corrected chi connectivity index (χ0v) is 11.2. The molecule has 1 aromatic heterocycles. The first-order chi connectivity index (χ1) is 9.19. The van der Waals surface area contributed by atoms with Crippen LogP contribution in [0.5, 0.6) is 5.75 Å². The molecule has 2 rings (SSSR count). The average molecular weight is 253 g/mol. The molecule has 1 heterocycles. The number of ether oxygens (including phenoxy) is 1. The molecular weight excluding hydrogens is 238 g/mol. The van der Waals surface area contributed by atoms with Crippen LogP contribution in [0.1, 0.15) is 11.1 Å². The lowest BCUT2D eigenvalue weighted by molar-refractivity contribution is 0.415. The predicted molar refractivity (Wildman–Crippen MR) is 75.2 cm³/mol. The number of rotatable bonds is 3. The SMILES string of the molecule is CNc1nc(-c2cccc(OC)c2)c(C)cc1C#N. The third kappa shape index (κ3) is 2.50. The molecular formula is C15H15N3O. The molecule has 0 atom stereocenters. The van der Waals surface area contributed by atoms with Gasteiger partial charge in [-0.3, -0.25) is 0 Å². The van der Waals surface area contributed by atoms with Gasteiger partial charge in [0, 0.05) is 12.6 Å². The number of nitrogens with zero attached hydrogens (tertiary/aromatic N) is 2. The van der Waals surface area contributed by atoms with E-state index in [2.05, 4.69) is 16.4 Å². The molecule has 4 nitrogen and oxygen atoms in total. The summed E-state index contributed by atoms with van der Waals surface area (Å²) in [7, 11) is 3.39. The smallest absolute Gasteiger partial charge is 0.144 e. The third-order valence-corrected chi connectivity index (χ3v) is 2.91. The van der Waals surface area contributed by atoms with E-state index in [-0.39, 0.29) is 0 Å². The van der Waals surface area contributed by atoms with Crippen molar-refractivity contribution in [2.75, 3.05) is 19.5 Å². The van der Waals surface area contributed by atoms with Gasteiger partial charge in [0.1, 0.15) is 17.6 Å².